The topological polar surface area (TPSA) is 26.0 Å². The highest BCUT2D eigenvalue weighted by atomic mass is 14.6. The number of nitrogens with two attached hydrogens (primary N) is 1. The summed E-state index contributed by atoms with van der Waals surface area (Å²) in [6.45, 7) is 6.45. The van der Waals surface area contributed by atoms with Gasteiger partial charge in [-0.3, -0.25) is 0 Å². The Balaban J connectivity index is 3.10. The van der Waals surface area contributed by atoms with Crippen LogP contribution in [0.3, 0.4) is 0 Å². The van der Waals surface area contributed by atoms with Gasteiger partial charge in [0, 0.05) is 5.70 Å². The van der Waals surface area contributed by atoms with Crippen LogP contribution in [0.1, 0.15) is 97.8 Å². The lowest BCUT2D eigenvalue weighted by molar-refractivity contribution is 0.549. The number of rotatable bonds is 12. The van der Waals surface area contributed by atoms with E-state index in [1.807, 2.05) is 6.92 Å². The zero-order valence-electron chi connectivity index (χ0n) is 13.1. The van der Waals surface area contributed by atoms with Crippen LogP contribution in [0.25, 0.3) is 0 Å². The molecular formula is C17H35N. The summed E-state index contributed by atoms with van der Waals surface area (Å²) in [5.41, 5.74) is 8.14. The molecule has 0 aliphatic heterocycles. The molecule has 0 spiro atoms. The molecule has 0 fully saturated rings. The van der Waals surface area contributed by atoms with Crippen LogP contribution in [-0.4, -0.2) is 0 Å². The zero-order valence-corrected chi connectivity index (χ0v) is 13.1. The van der Waals surface area contributed by atoms with Crippen molar-refractivity contribution < 1.29 is 0 Å². The average molecular weight is 253 g/mol. The van der Waals surface area contributed by atoms with Crippen LogP contribution in [0.15, 0.2) is 11.3 Å². The second-order valence-corrected chi connectivity index (χ2v) is 5.75. The van der Waals surface area contributed by atoms with Gasteiger partial charge in [-0.2, -0.15) is 0 Å². The maximum Gasteiger partial charge on any atom is 0.00379 e. The van der Waals surface area contributed by atoms with Gasteiger partial charge in [-0.25, -0.2) is 0 Å². The van der Waals surface area contributed by atoms with Gasteiger partial charge in [-0.05, 0) is 26.7 Å². The Morgan fingerprint density at radius 3 is 1.44 bits per heavy atom. The molecule has 0 aromatic carbocycles. The van der Waals surface area contributed by atoms with Crippen molar-refractivity contribution >= 4 is 0 Å². The maximum atomic E-state index is 5.75. The lowest BCUT2D eigenvalue weighted by Gasteiger charge is -2.04. The van der Waals surface area contributed by atoms with E-state index in [9.17, 15) is 0 Å². The molecule has 108 valence electrons. The smallest absolute Gasteiger partial charge is 0.00379 e. The lowest BCUT2D eigenvalue weighted by atomic mass is 10.0. The number of allylic oxidation sites excluding steroid dienone is 2. The van der Waals surface area contributed by atoms with Gasteiger partial charge < -0.3 is 5.73 Å². The summed E-state index contributed by atoms with van der Waals surface area (Å²) in [6.07, 6.45) is 16.7. The van der Waals surface area contributed by atoms with Gasteiger partial charge in [0.2, 0.25) is 0 Å². The summed E-state index contributed by atoms with van der Waals surface area (Å²) in [5.74, 6) is 0. The second-order valence-electron chi connectivity index (χ2n) is 5.75. The molecule has 1 nitrogen and oxygen atoms in total. The monoisotopic (exact) mass is 253 g/mol. The van der Waals surface area contributed by atoms with Gasteiger partial charge in [-0.15, -0.1) is 0 Å². The fraction of sp³-hybridized carbons (Fsp3) is 0.882. The highest BCUT2D eigenvalue weighted by Gasteiger charge is 1.95. The van der Waals surface area contributed by atoms with Gasteiger partial charge >= 0.3 is 0 Å². The standard InChI is InChI=1S/C17H35N/c1-4-5-6-7-8-9-10-11-12-13-14-15-16(2)17(3)18/h4-15,18H2,1-3H3. The van der Waals surface area contributed by atoms with Gasteiger partial charge in [0.15, 0.2) is 0 Å². The molecule has 0 atom stereocenters. The van der Waals surface area contributed by atoms with E-state index in [2.05, 4.69) is 13.8 Å². The van der Waals surface area contributed by atoms with Crippen LogP contribution in [0.5, 0.6) is 0 Å². The summed E-state index contributed by atoms with van der Waals surface area (Å²) in [6, 6.07) is 0. The number of hydrogen-bond acceptors (Lipinski definition) is 1. The largest absolute Gasteiger partial charge is 0.402 e. The quantitative estimate of drug-likeness (QED) is 0.428. The molecule has 0 bridgehead atoms. The minimum absolute atomic E-state index is 1.02. The summed E-state index contributed by atoms with van der Waals surface area (Å²) in [5, 5.41) is 0. The molecule has 0 heterocycles. The zero-order chi connectivity index (χ0) is 13.6. The maximum absolute atomic E-state index is 5.75. The van der Waals surface area contributed by atoms with E-state index in [1.54, 1.807) is 0 Å². The Morgan fingerprint density at radius 1 is 0.667 bits per heavy atom. The van der Waals surface area contributed by atoms with Crippen LogP contribution in [0.4, 0.5) is 0 Å². The first kappa shape index (κ1) is 17.5. The molecule has 0 aliphatic carbocycles. The van der Waals surface area contributed by atoms with Crippen molar-refractivity contribution in [3.05, 3.63) is 11.3 Å². The predicted octanol–water partition coefficient (Wildman–Crippen LogP) is 5.94. The van der Waals surface area contributed by atoms with E-state index in [0.717, 1.165) is 5.70 Å². The Labute approximate surface area is 115 Å². The number of hydrogen-bond donors (Lipinski definition) is 1. The normalized spacial score (nSPS) is 12.6. The first-order valence-corrected chi connectivity index (χ1v) is 8.10. The van der Waals surface area contributed by atoms with Crippen LogP contribution in [0.2, 0.25) is 0 Å². The Kier molecular flexibility index (Phi) is 12.7. The van der Waals surface area contributed by atoms with Gasteiger partial charge in [0.25, 0.3) is 0 Å². The van der Waals surface area contributed by atoms with Crippen molar-refractivity contribution in [1.29, 1.82) is 0 Å². The van der Waals surface area contributed by atoms with Crippen molar-refractivity contribution in [2.24, 2.45) is 5.73 Å². The Bertz CT molecular complexity index is 202. The fourth-order valence-electron chi connectivity index (χ4n) is 2.25. The summed E-state index contributed by atoms with van der Waals surface area (Å²) >= 11 is 0. The van der Waals surface area contributed by atoms with Gasteiger partial charge in [0.05, 0.1) is 0 Å². The van der Waals surface area contributed by atoms with Crippen LogP contribution in [0, 0.1) is 0 Å². The molecule has 0 aliphatic rings. The second kappa shape index (κ2) is 13.0. The van der Waals surface area contributed by atoms with Crippen molar-refractivity contribution in [3.63, 3.8) is 0 Å². The van der Waals surface area contributed by atoms with Gasteiger partial charge in [0.1, 0.15) is 0 Å². The minimum Gasteiger partial charge on any atom is -0.402 e. The first-order chi connectivity index (χ1) is 8.68. The average Bonchev–Trinajstić information content (AvgIpc) is 2.35. The summed E-state index contributed by atoms with van der Waals surface area (Å²) in [4.78, 5) is 0. The van der Waals surface area contributed by atoms with E-state index in [1.165, 1.54) is 82.6 Å². The van der Waals surface area contributed by atoms with Crippen molar-refractivity contribution in [3.8, 4) is 0 Å². The third-order valence-corrected chi connectivity index (χ3v) is 3.83. The van der Waals surface area contributed by atoms with E-state index in [4.69, 9.17) is 5.73 Å². The molecule has 0 radical (unpaired) electrons. The molecule has 1 heteroatoms. The Hall–Kier alpha value is -0.460. The molecule has 0 saturated heterocycles. The molecule has 18 heavy (non-hydrogen) atoms. The van der Waals surface area contributed by atoms with E-state index in [-0.39, 0.29) is 0 Å². The predicted molar refractivity (Wildman–Crippen MR) is 83.6 cm³/mol. The molecule has 2 N–H and O–H groups in total. The van der Waals surface area contributed by atoms with Crippen molar-refractivity contribution in [1.82, 2.24) is 0 Å². The molecule has 0 aromatic heterocycles. The third kappa shape index (κ3) is 12.0. The van der Waals surface area contributed by atoms with Gasteiger partial charge in [-0.1, -0.05) is 76.7 Å². The van der Waals surface area contributed by atoms with Crippen molar-refractivity contribution in [2.75, 3.05) is 0 Å². The van der Waals surface area contributed by atoms with Crippen molar-refractivity contribution in [2.45, 2.75) is 97.8 Å². The van der Waals surface area contributed by atoms with E-state index in [0.29, 0.717) is 0 Å². The van der Waals surface area contributed by atoms with Crippen LogP contribution < -0.4 is 5.73 Å². The molecule has 0 saturated carbocycles. The molecule has 0 amide bonds. The summed E-state index contributed by atoms with van der Waals surface area (Å²) in [7, 11) is 0. The van der Waals surface area contributed by atoms with Crippen LogP contribution in [-0.2, 0) is 0 Å². The molecule has 0 unspecified atom stereocenters. The SMILES string of the molecule is CCCCCCCCCCCCCC(C)=C(C)N. The third-order valence-electron chi connectivity index (χ3n) is 3.83. The highest BCUT2D eigenvalue weighted by Crippen LogP contribution is 2.14. The van der Waals surface area contributed by atoms with E-state index >= 15 is 0 Å². The first-order valence-electron chi connectivity index (χ1n) is 8.10. The van der Waals surface area contributed by atoms with E-state index < -0.39 is 0 Å². The molecular weight excluding hydrogens is 218 g/mol. The molecule has 0 aromatic rings. The summed E-state index contributed by atoms with van der Waals surface area (Å²) < 4.78 is 0. The highest BCUT2D eigenvalue weighted by molar-refractivity contribution is 5.04. The lowest BCUT2D eigenvalue weighted by Crippen LogP contribution is -1.95. The Morgan fingerprint density at radius 2 is 1.06 bits per heavy atom. The molecule has 0 rings (SSSR count). The minimum atomic E-state index is 1.02. The fourth-order valence-corrected chi connectivity index (χ4v) is 2.25. The van der Waals surface area contributed by atoms with Crippen LogP contribution >= 0.6 is 0 Å². The number of unbranched alkanes of at least 4 members (excludes halogenated alkanes) is 10.